The second-order valence-corrected chi connectivity index (χ2v) is 6.53. The summed E-state index contributed by atoms with van der Waals surface area (Å²) in [6.07, 6.45) is 0. The highest BCUT2D eigenvalue weighted by Crippen LogP contribution is 2.26. The maximum absolute atomic E-state index is 12.7. The SMILES string of the molecule is O=C(Oc1ccccc1)c1ccc(-c2ccccc2C(=O)Oc2ccccc2)cc1. The number of benzene rings is 4. The van der Waals surface area contributed by atoms with E-state index in [1.807, 2.05) is 36.4 Å². The number of hydrogen-bond acceptors (Lipinski definition) is 4. The molecule has 4 heteroatoms. The zero-order chi connectivity index (χ0) is 20.8. The van der Waals surface area contributed by atoms with E-state index in [2.05, 4.69) is 0 Å². The molecule has 0 saturated heterocycles. The summed E-state index contributed by atoms with van der Waals surface area (Å²) in [7, 11) is 0. The summed E-state index contributed by atoms with van der Waals surface area (Å²) < 4.78 is 10.8. The van der Waals surface area contributed by atoms with Crippen molar-refractivity contribution >= 4 is 11.9 Å². The van der Waals surface area contributed by atoms with Crippen LogP contribution in [0.1, 0.15) is 20.7 Å². The molecule has 4 nitrogen and oxygen atoms in total. The molecular formula is C26H18O4. The molecule has 0 atom stereocenters. The van der Waals surface area contributed by atoms with Crippen molar-refractivity contribution in [2.75, 3.05) is 0 Å². The van der Waals surface area contributed by atoms with Gasteiger partial charge in [0.05, 0.1) is 11.1 Å². The van der Waals surface area contributed by atoms with Gasteiger partial charge in [-0.05, 0) is 53.6 Å². The van der Waals surface area contributed by atoms with Crippen LogP contribution in [-0.4, -0.2) is 11.9 Å². The summed E-state index contributed by atoms with van der Waals surface area (Å²) in [4.78, 5) is 25.0. The Labute approximate surface area is 174 Å². The molecule has 0 aliphatic heterocycles. The van der Waals surface area contributed by atoms with Crippen LogP contribution in [0.15, 0.2) is 109 Å². The lowest BCUT2D eigenvalue weighted by molar-refractivity contribution is 0.0725. The fourth-order valence-corrected chi connectivity index (χ4v) is 3.00. The topological polar surface area (TPSA) is 52.6 Å². The van der Waals surface area contributed by atoms with Gasteiger partial charge in [0.15, 0.2) is 0 Å². The van der Waals surface area contributed by atoms with Crippen molar-refractivity contribution in [2.24, 2.45) is 0 Å². The number of esters is 2. The number of carbonyl (C=O) groups is 2. The third kappa shape index (κ3) is 4.45. The van der Waals surface area contributed by atoms with Gasteiger partial charge in [-0.15, -0.1) is 0 Å². The van der Waals surface area contributed by atoms with E-state index in [0.29, 0.717) is 22.6 Å². The second kappa shape index (κ2) is 8.88. The van der Waals surface area contributed by atoms with Gasteiger partial charge in [-0.1, -0.05) is 66.7 Å². The number of ether oxygens (including phenoxy) is 2. The van der Waals surface area contributed by atoms with Crippen LogP contribution in [0, 0.1) is 0 Å². The molecule has 0 radical (unpaired) electrons. The van der Waals surface area contributed by atoms with E-state index in [-0.39, 0.29) is 0 Å². The standard InChI is InChI=1S/C26H18O4/c27-25(29-21-9-3-1-4-10-21)20-17-15-19(16-18-20)23-13-7-8-14-24(23)26(28)30-22-11-5-2-6-12-22/h1-18H. The van der Waals surface area contributed by atoms with Crippen LogP contribution in [0.2, 0.25) is 0 Å². The highest BCUT2D eigenvalue weighted by atomic mass is 16.5. The minimum absolute atomic E-state index is 0.423. The summed E-state index contributed by atoms with van der Waals surface area (Å²) in [6, 6.07) is 32.0. The van der Waals surface area contributed by atoms with Gasteiger partial charge in [-0.25, -0.2) is 9.59 Å². The van der Waals surface area contributed by atoms with Crippen molar-refractivity contribution in [3.8, 4) is 22.6 Å². The lowest BCUT2D eigenvalue weighted by Gasteiger charge is -2.10. The number of para-hydroxylation sites is 2. The highest BCUT2D eigenvalue weighted by molar-refractivity contribution is 5.99. The van der Waals surface area contributed by atoms with E-state index in [1.165, 1.54) is 0 Å². The Hall–Kier alpha value is -4.18. The smallest absolute Gasteiger partial charge is 0.344 e. The third-order valence-electron chi connectivity index (χ3n) is 4.49. The van der Waals surface area contributed by atoms with Crippen LogP contribution in [0.5, 0.6) is 11.5 Å². The van der Waals surface area contributed by atoms with E-state index in [4.69, 9.17) is 9.47 Å². The van der Waals surface area contributed by atoms with Gasteiger partial charge in [0.1, 0.15) is 11.5 Å². The van der Waals surface area contributed by atoms with E-state index in [0.717, 1.165) is 11.1 Å². The predicted octanol–water partition coefficient (Wildman–Crippen LogP) is 5.79. The lowest BCUT2D eigenvalue weighted by Crippen LogP contribution is -2.10. The maximum atomic E-state index is 12.7. The first kappa shape index (κ1) is 19.2. The first-order chi connectivity index (χ1) is 14.7. The minimum Gasteiger partial charge on any atom is -0.423 e. The fraction of sp³-hybridized carbons (Fsp3) is 0. The zero-order valence-electron chi connectivity index (χ0n) is 16.0. The molecule has 0 saturated carbocycles. The Morgan fingerprint density at radius 2 is 1.00 bits per heavy atom. The van der Waals surface area contributed by atoms with Crippen LogP contribution in [-0.2, 0) is 0 Å². The Bertz CT molecular complexity index is 1150. The van der Waals surface area contributed by atoms with Crippen molar-refractivity contribution in [1.29, 1.82) is 0 Å². The molecule has 30 heavy (non-hydrogen) atoms. The average molecular weight is 394 g/mol. The molecule has 4 aromatic rings. The molecule has 0 aliphatic carbocycles. The number of hydrogen-bond donors (Lipinski definition) is 0. The van der Waals surface area contributed by atoms with Crippen LogP contribution >= 0.6 is 0 Å². The third-order valence-corrected chi connectivity index (χ3v) is 4.49. The van der Waals surface area contributed by atoms with Crippen molar-refractivity contribution in [3.05, 3.63) is 120 Å². The second-order valence-electron chi connectivity index (χ2n) is 6.53. The molecule has 146 valence electrons. The molecular weight excluding hydrogens is 376 g/mol. The lowest BCUT2D eigenvalue weighted by atomic mass is 9.98. The van der Waals surface area contributed by atoms with Crippen molar-refractivity contribution in [2.45, 2.75) is 0 Å². The molecule has 0 aromatic heterocycles. The van der Waals surface area contributed by atoms with Crippen LogP contribution in [0.25, 0.3) is 11.1 Å². The summed E-state index contributed by atoms with van der Waals surface area (Å²) in [5.41, 5.74) is 2.39. The normalized spacial score (nSPS) is 10.3. The summed E-state index contributed by atoms with van der Waals surface area (Å²) in [6.45, 7) is 0. The van der Waals surface area contributed by atoms with Gasteiger partial charge in [0.2, 0.25) is 0 Å². The van der Waals surface area contributed by atoms with Crippen LogP contribution in [0.3, 0.4) is 0 Å². The Morgan fingerprint density at radius 3 is 1.60 bits per heavy atom. The first-order valence-electron chi connectivity index (χ1n) is 9.44. The number of carbonyl (C=O) groups excluding carboxylic acids is 2. The van der Waals surface area contributed by atoms with Gasteiger partial charge >= 0.3 is 11.9 Å². The fourth-order valence-electron chi connectivity index (χ4n) is 3.00. The van der Waals surface area contributed by atoms with Gasteiger partial charge in [-0.3, -0.25) is 0 Å². The quantitative estimate of drug-likeness (QED) is 0.317. The van der Waals surface area contributed by atoms with E-state index < -0.39 is 11.9 Å². The largest absolute Gasteiger partial charge is 0.423 e. The maximum Gasteiger partial charge on any atom is 0.344 e. The van der Waals surface area contributed by atoms with Crippen molar-refractivity contribution in [3.63, 3.8) is 0 Å². The molecule has 4 aromatic carbocycles. The molecule has 0 heterocycles. The Balaban J connectivity index is 1.54. The summed E-state index contributed by atoms with van der Waals surface area (Å²) >= 11 is 0. The molecule has 0 N–H and O–H groups in total. The van der Waals surface area contributed by atoms with E-state index >= 15 is 0 Å². The number of rotatable bonds is 5. The van der Waals surface area contributed by atoms with E-state index in [9.17, 15) is 9.59 Å². The van der Waals surface area contributed by atoms with Gasteiger partial charge in [0.25, 0.3) is 0 Å². The average Bonchev–Trinajstić information content (AvgIpc) is 2.80. The molecule has 0 aliphatic rings. The molecule has 0 bridgehead atoms. The summed E-state index contributed by atoms with van der Waals surface area (Å²) in [5, 5.41) is 0. The van der Waals surface area contributed by atoms with Crippen molar-refractivity contribution < 1.29 is 19.1 Å². The molecule has 0 amide bonds. The Kier molecular flexibility index (Phi) is 5.67. The molecule has 0 unspecified atom stereocenters. The summed E-state index contributed by atoms with van der Waals surface area (Å²) in [5.74, 6) is 0.0887. The van der Waals surface area contributed by atoms with Crippen LogP contribution in [0.4, 0.5) is 0 Å². The van der Waals surface area contributed by atoms with Gasteiger partial charge < -0.3 is 9.47 Å². The minimum atomic E-state index is -0.440. The van der Waals surface area contributed by atoms with Crippen molar-refractivity contribution in [1.82, 2.24) is 0 Å². The first-order valence-corrected chi connectivity index (χ1v) is 9.44. The highest BCUT2D eigenvalue weighted by Gasteiger charge is 2.15. The Morgan fingerprint density at radius 1 is 0.500 bits per heavy atom. The van der Waals surface area contributed by atoms with Gasteiger partial charge in [-0.2, -0.15) is 0 Å². The molecule has 0 fully saturated rings. The monoisotopic (exact) mass is 394 g/mol. The molecule has 0 spiro atoms. The predicted molar refractivity (Wildman–Crippen MR) is 115 cm³/mol. The van der Waals surface area contributed by atoms with Gasteiger partial charge in [0, 0.05) is 0 Å². The zero-order valence-corrected chi connectivity index (χ0v) is 16.0. The molecule has 4 rings (SSSR count). The van der Waals surface area contributed by atoms with E-state index in [1.54, 1.807) is 72.8 Å². The van der Waals surface area contributed by atoms with Crippen LogP contribution < -0.4 is 9.47 Å².